The van der Waals surface area contributed by atoms with Crippen molar-refractivity contribution in [1.82, 2.24) is 14.9 Å². The van der Waals surface area contributed by atoms with Crippen LogP contribution < -0.4 is 15.0 Å². The van der Waals surface area contributed by atoms with E-state index < -0.39 is 0 Å². The fourth-order valence-corrected chi connectivity index (χ4v) is 2.97. The van der Waals surface area contributed by atoms with Gasteiger partial charge in [-0.1, -0.05) is 6.07 Å². The summed E-state index contributed by atoms with van der Waals surface area (Å²) in [5.74, 6) is 0.692. The van der Waals surface area contributed by atoms with Crippen LogP contribution in [0.2, 0.25) is 0 Å². The third-order valence-electron chi connectivity index (χ3n) is 4.41. The normalized spacial score (nSPS) is 14.0. The average Bonchev–Trinajstić information content (AvgIpc) is 2.69. The highest BCUT2D eigenvalue weighted by atomic mass is 16.5. The van der Waals surface area contributed by atoms with Crippen molar-refractivity contribution in [3.8, 4) is 5.75 Å². The van der Waals surface area contributed by atoms with Gasteiger partial charge in [-0.2, -0.15) is 0 Å². The van der Waals surface area contributed by atoms with E-state index in [4.69, 9.17) is 4.74 Å². The van der Waals surface area contributed by atoms with E-state index in [-0.39, 0.29) is 18.2 Å². The minimum atomic E-state index is -0.349. The molecular weight excluding hydrogens is 346 g/mol. The Balaban J connectivity index is 1.52. The first-order valence-electron chi connectivity index (χ1n) is 8.81. The molecule has 8 heteroatoms. The quantitative estimate of drug-likeness (QED) is 0.803. The Morgan fingerprint density at radius 1 is 1.15 bits per heavy atom. The molecule has 0 unspecified atom stereocenters. The van der Waals surface area contributed by atoms with Gasteiger partial charge >= 0.3 is 0 Å². The second-order valence-electron chi connectivity index (χ2n) is 6.35. The molecule has 1 aromatic carbocycles. The van der Waals surface area contributed by atoms with Crippen LogP contribution in [0.15, 0.2) is 36.7 Å². The van der Waals surface area contributed by atoms with Crippen LogP contribution in [-0.4, -0.2) is 60.0 Å². The van der Waals surface area contributed by atoms with E-state index in [1.807, 2.05) is 24.0 Å². The number of benzene rings is 1. The Morgan fingerprint density at radius 2 is 1.85 bits per heavy atom. The first-order chi connectivity index (χ1) is 13.1. The second kappa shape index (κ2) is 8.48. The summed E-state index contributed by atoms with van der Waals surface area (Å²) in [4.78, 5) is 36.9. The van der Waals surface area contributed by atoms with Crippen molar-refractivity contribution >= 4 is 23.5 Å². The molecule has 142 valence electrons. The number of ether oxygens (including phenoxy) is 1. The lowest BCUT2D eigenvalue weighted by Crippen LogP contribution is -2.49. The second-order valence-corrected chi connectivity index (χ2v) is 6.35. The largest absolute Gasteiger partial charge is 0.495 e. The predicted molar refractivity (Wildman–Crippen MR) is 102 cm³/mol. The van der Waals surface area contributed by atoms with Crippen LogP contribution in [0, 0.1) is 6.92 Å². The summed E-state index contributed by atoms with van der Waals surface area (Å²) >= 11 is 0. The maximum absolute atomic E-state index is 12.4. The number of carbonyl (C=O) groups is 2. The summed E-state index contributed by atoms with van der Waals surface area (Å²) in [6.07, 6.45) is 3.20. The molecule has 1 N–H and O–H groups in total. The Hall–Kier alpha value is -3.16. The van der Waals surface area contributed by atoms with Gasteiger partial charge in [-0.3, -0.25) is 9.59 Å². The molecular formula is C19H23N5O3. The molecule has 1 aliphatic rings. The van der Waals surface area contributed by atoms with Crippen molar-refractivity contribution in [3.63, 3.8) is 0 Å². The zero-order chi connectivity index (χ0) is 19.2. The Bertz CT molecular complexity index is 804. The highest BCUT2D eigenvalue weighted by Gasteiger charge is 2.24. The van der Waals surface area contributed by atoms with Gasteiger partial charge in [0.1, 0.15) is 12.2 Å². The van der Waals surface area contributed by atoms with E-state index >= 15 is 0 Å². The van der Waals surface area contributed by atoms with Crippen molar-refractivity contribution in [2.45, 2.75) is 13.3 Å². The van der Waals surface area contributed by atoms with E-state index in [1.54, 1.807) is 36.5 Å². The molecule has 2 aromatic rings. The standard InChI is InChI=1S/C19H23N5O3/c1-14-4-5-16(27-2)15(12-14)22-17(25)13-18(26)23-8-10-24(11-9-23)19-20-6-3-7-21-19/h3-7,12H,8-11,13H2,1-2H3,(H,22,25). The monoisotopic (exact) mass is 369 g/mol. The maximum atomic E-state index is 12.4. The van der Waals surface area contributed by atoms with Gasteiger partial charge in [-0.25, -0.2) is 9.97 Å². The van der Waals surface area contributed by atoms with Crippen LogP contribution in [-0.2, 0) is 9.59 Å². The highest BCUT2D eigenvalue weighted by molar-refractivity contribution is 6.04. The van der Waals surface area contributed by atoms with E-state index in [0.717, 1.165) is 5.56 Å². The minimum Gasteiger partial charge on any atom is -0.495 e. The SMILES string of the molecule is COc1ccc(C)cc1NC(=O)CC(=O)N1CCN(c2ncccn2)CC1. The van der Waals surface area contributed by atoms with Crippen LogP contribution in [0.1, 0.15) is 12.0 Å². The van der Waals surface area contributed by atoms with E-state index in [1.165, 1.54) is 0 Å². The minimum absolute atomic E-state index is 0.187. The molecule has 0 aliphatic carbocycles. The smallest absolute Gasteiger partial charge is 0.233 e. The van der Waals surface area contributed by atoms with E-state index in [0.29, 0.717) is 43.6 Å². The fraction of sp³-hybridized carbons (Fsp3) is 0.368. The number of rotatable bonds is 5. The molecule has 0 bridgehead atoms. The number of piperazine rings is 1. The molecule has 2 amide bonds. The topological polar surface area (TPSA) is 87.7 Å². The number of aryl methyl sites for hydroxylation is 1. The summed E-state index contributed by atoms with van der Waals surface area (Å²) < 4.78 is 5.25. The maximum Gasteiger partial charge on any atom is 0.233 e. The molecule has 0 spiro atoms. The van der Waals surface area contributed by atoms with Gasteiger partial charge in [0, 0.05) is 38.6 Å². The Morgan fingerprint density at radius 3 is 2.52 bits per heavy atom. The summed E-state index contributed by atoms with van der Waals surface area (Å²) in [7, 11) is 1.54. The number of carbonyl (C=O) groups excluding carboxylic acids is 2. The van der Waals surface area contributed by atoms with Gasteiger partial charge in [0.15, 0.2) is 0 Å². The number of anilines is 2. The van der Waals surface area contributed by atoms with Gasteiger partial charge < -0.3 is 19.9 Å². The molecule has 1 saturated heterocycles. The zero-order valence-electron chi connectivity index (χ0n) is 15.5. The number of amides is 2. The average molecular weight is 369 g/mol. The number of methoxy groups -OCH3 is 1. The first kappa shape index (κ1) is 18.6. The van der Waals surface area contributed by atoms with Gasteiger partial charge in [-0.15, -0.1) is 0 Å². The molecule has 2 heterocycles. The predicted octanol–water partition coefficient (Wildman–Crippen LogP) is 1.47. The molecule has 8 nitrogen and oxygen atoms in total. The van der Waals surface area contributed by atoms with Gasteiger partial charge in [0.05, 0.1) is 12.8 Å². The molecule has 0 radical (unpaired) electrons. The Kier molecular flexibility index (Phi) is 5.85. The number of nitrogens with one attached hydrogen (secondary N) is 1. The Labute approximate surface area is 158 Å². The van der Waals surface area contributed by atoms with Crippen molar-refractivity contribution in [2.75, 3.05) is 43.5 Å². The van der Waals surface area contributed by atoms with Crippen LogP contribution >= 0.6 is 0 Å². The number of hydrogen-bond donors (Lipinski definition) is 1. The summed E-state index contributed by atoms with van der Waals surface area (Å²) in [5, 5.41) is 2.77. The molecule has 0 atom stereocenters. The number of hydrogen-bond acceptors (Lipinski definition) is 6. The number of nitrogens with zero attached hydrogens (tertiary/aromatic N) is 4. The van der Waals surface area contributed by atoms with Gasteiger partial charge in [0.25, 0.3) is 0 Å². The zero-order valence-corrected chi connectivity index (χ0v) is 15.5. The summed E-state index contributed by atoms with van der Waals surface area (Å²) in [5.41, 5.74) is 1.57. The van der Waals surface area contributed by atoms with Gasteiger partial charge in [0.2, 0.25) is 17.8 Å². The molecule has 3 rings (SSSR count). The van der Waals surface area contributed by atoms with Crippen molar-refractivity contribution in [3.05, 3.63) is 42.2 Å². The molecule has 1 aromatic heterocycles. The lowest BCUT2D eigenvalue weighted by Gasteiger charge is -2.34. The van der Waals surface area contributed by atoms with Crippen LogP contribution in [0.4, 0.5) is 11.6 Å². The molecule has 1 aliphatic heterocycles. The molecule has 1 fully saturated rings. The fourth-order valence-electron chi connectivity index (χ4n) is 2.97. The molecule has 27 heavy (non-hydrogen) atoms. The third kappa shape index (κ3) is 4.72. The lowest BCUT2D eigenvalue weighted by molar-refractivity contribution is -0.134. The van der Waals surface area contributed by atoms with Crippen LogP contribution in [0.3, 0.4) is 0 Å². The number of aromatic nitrogens is 2. The molecule has 0 saturated carbocycles. The van der Waals surface area contributed by atoms with Crippen LogP contribution in [0.5, 0.6) is 5.75 Å². The van der Waals surface area contributed by atoms with Gasteiger partial charge in [-0.05, 0) is 30.7 Å². The first-order valence-corrected chi connectivity index (χ1v) is 8.81. The van der Waals surface area contributed by atoms with Crippen molar-refractivity contribution < 1.29 is 14.3 Å². The van der Waals surface area contributed by atoms with E-state index in [2.05, 4.69) is 15.3 Å². The lowest BCUT2D eigenvalue weighted by atomic mass is 10.2. The summed E-state index contributed by atoms with van der Waals surface area (Å²) in [6.45, 7) is 4.29. The van der Waals surface area contributed by atoms with Crippen molar-refractivity contribution in [1.29, 1.82) is 0 Å². The van der Waals surface area contributed by atoms with E-state index in [9.17, 15) is 9.59 Å². The van der Waals surface area contributed by atoms with Crippen molar-refractivity contribution in [2.24, 2.45) is 0 Å². The summed E-state index contributed by atoms with van der Waals surface area (Å²) in [6, 6.07) is 7.28. The highest BCUT2D eigenvalue weighted by Crippen LogP contribution is 2.25. The third-order valence-corrected chi connectivity index (χ3v) is 4.41. The van der Waals surface area contributed by atoms with Crippen LogP contribution in [0.25, 0.3) is 0 Å².